The van der Waals surface area contributed by atoms with Gasteiger partial charge in [-0.15, -0.1) is 0 Å². The number of imidazole rings is 1. The quantitative estimate of drug-likeness (QED) is 0.663. The molecule has 0 spiro atoms. The van der Waals surface area contributed by atoms with Crippen LogP contribution in [0, 0.1) is 0 Å². The Labute approximate surface area is 132 Å². The second kappa shape index (κ2) is 5.91. The van der Waals surface area contributed by atoms with E-state index in [0.717, 1.165) is 11.2 Å². The molecule has 8 heteroatoms. The molecule has 23 heavy (non-hydrogen) atoms. The number of fused-ring (bicyclic) bond motifs is 1. The summed E-state index contributed by atoms with van der Waals surface area (Å²) in [5.74, 6) is 2.58. The van der Waals surface area contributed by atoms with Gasteiger partial charge in [0.2, 0.25) is 11.7 Å². The van der Waals surface area contributed by atoms with Crippen molar-refractivity contribution in [2.75, 3.05) is 32.4 Å². The van der Waals surface area contributed by atoms with E-state index in [1.54, 1.807) is 39.5 Å². The average Bonchev–Trinajstić information content (AvgIpc) is 2.94. The molecule has 0 atom stereocenters. The summed E-state index contributed by atoms with van der Waals surface area (Å²) in [6, 6.07) is 7.11. The number of nitrogens with one attached hydrogen (secondary N) is 2. The van der Waals surface area contributed by atoms with Crippen molar-refractivity contribution in [3.8, 4) is 17.2 Å². The number of benzene rings is 1. The van der Waals surface area contributed by atoms with Crippen LogP contribution in [0.4, 0.5) is 17.5 Å². The highest BCUT2D eigenvalue weighted by atomic mass is 16.5. The Morgan fingerprint density at radius 3 is 2.30 bits per heavy atom. The summed E-state index contributed by atoms with van der Waals surface area (Å²) in [7, 11) is 4.69. The molecule has 4 N–H and O–H groups in total. The van der Waals surface area contributed by atoms with E-state index in [0.29, 0.717) is 34.7 Å². The number of rotatable bonds is 5. The number of hydrogen-bond acceptors (Lipinski definition) is 7. The lowest BCUT2D eigenvalue weighted by Crippen LogP contribution is -1.98. The van der Waals surface area contributed by atoms with Gasteiger partial charge in [-0.1, -0.05) is 0 Å². The number of aromatic amines is 1. The van der Waals surface area contributed by atoms with Crippen LogP contribution in [0.2, 0.25) is 0 Å². The fraction of sp³-hybridized carbons (Fsp3) is 0.200. The third kappa shape index (κ3) is 2.78. The highest BCUT2D eigenvalue weighted by Crippen LogP contribution is 2.40. The van der Waals surface area contributed by atoms with Crippen molar-refractivity contribution >= 4 is 28.6 Å². The smallest absolute Gasteiger partial charge is 0.207 e. The van der Waals surface area contributed by atoms with E-state index in [1.807, 2.05) is 6.07 Å². The maximum atomic E-state index is 5.66. The predicted molar refractivity (Wildman–Crippen MR) is 87.7 cm³/mol. The van der Waals surface area contributed by atoms with Crippen molar-refractivity contribution in [3.05, 3.63) is 24.3 Å². The molecule has 120 valence electrons. The van der Waals surface area contributed by atoms with Crippen molar-refractivity contribution < 1.29 is 14.2 Å². The van der Waals surface area contributed by atoms with Gasteiger partial charge >= 0.3 is 0 Å². The first-order chi connectivity index (χ1) is 11.1. The van der Waals surface area contributed by atoms with Gasteiger partial charge in [-0.2, -0.15) is 4.98 Å². The molecule has 2 heterocycles. The van der Waals surface area contributed by atoms with Gasteiger partial charge in [-0.3, -0.25) is 0 Å². The van der Waals surface area contributed by atoms with Crippen LogP contribution < -0.4 is 25.3 Å². The van der Waals surface area contributed by atoms with Crippen LogP contribution in [0.5, 0.6) is 17.2 Å². The number of methoxy groups -OCH3 is 3. The van der Waals surface area contributed by atoms with E-state index in [2.05, 4.69) is 20.3 Å². The fourth-order valence-electron chi connectivity index (χ4n) is 2.26. The lowest BCUT2D eigenvalue weighted by molar-refractivity contribution is 0.324. The van der Waals surface area contributed by atoms with Crippen molar-refractivity contribution in [1.82, 2.24) is 15.0 Å². The summed E-state index contributed by atoms with van der Waals surface area (Å²) in [6.07, 6.45) is 0. The van der Waals surface area contributed by atoms with Crippen LogP contribution in [0.15, 0.2) is 24.3 Å². The van der Waals surface area contributed by atoms with Gasteiger partial charge in [0.15, 0.2) is 17.1 Å². The zero-order valence-corrected chi connectivity index (χ0v) is 13.0. The molecule has 0 amide bonds. The Morgan fingerprint density at radius 1 is 1.00 bits per heavy atom. The van der Waals surface area contributed by atoms with Crippen LogP contribution in [-0.2, 0) is 0 Å². The van der Waals surface area contributed by atoms with Crippen LogP contribution in [-0.4, -0.2) is 36.3 Å². The SMILES string of the molecule is COc1cc(Nc2nc3nc(N)ccc3[nH]2)cc(OC)c1OC. The Balaban J connectivity index is 1.97. The number of nitrogen functional groups attached to an aromatic ring is 1. The Bertz CT molecular complexity index is 821. The third-order valence-corrected chi connectivity index (χ3v) is 3.29. The summed E-state index contributed by atoms with van der Waals surface area (Å²) >= 11 is 0. The third-order valence-electron chi connectivity index (χ3n) is 3.29. The number of ether oxygens (including phenoxy) is 3. The summed E-state index contributed by atoms with van der Waals surface area (Å²) in [6.45, 7) is 0. The van der Waals surface area contributed by atoms with Gasteiger partial charge in [0.05, 0.1) is 26.8 Å². The molecular formula is C15H17N5O3. The number of H-pyrrole nitrogens is 1. The summed E-state index contributed by atoms with van der Waals surface area (Å²) in [5, 5.41) is 3.15. The minimum Gasteiger partial charge on any atom is -0.493 e. The standard InChI is InChI=1S/C15H17N5O3/c1-21-10-6-8(7-11(22-2)13(10)23-3)17-15-18-9-4-5-12(16)19-14(9)20-15/h4-7H,1-3H3,(H4,16,17,18,19,20). The summed E-state index contributed by atoms with van der Waals surface area (Å²) in [4.78, 5) is 11.6. The molecule has 2 aromatic heterocycles. The minimum absolute atomic E-state index is 0.420. The lowest BCUT2D eigenvalue weighted by atomic mass is 10.2. The molecule has 0 saturated carbocycles. The van der Waals surface area contributed by atoms with Gasteiger partial charge in [-0.05, 0) is 12.1 Å². The molecule has 3 aromatic rings. The first-order valence-electron chi connectivity index (χ1n) is 6.84. The Morgan fingerprint density at radius 2 is 1.70 bits per heavy atom. The number of pyridine rings is 1. The molecule has 0 unspecified atom stereocenters. The molecule has 0 bridgehead atoms. The lowest BCUT2D eigenvalue weighted by Gasteiger charge is -2.14. The monoisotopic (exact) mass is 315 g/mol. The second-order valence-corrected chi connectivity index (χ2v) is 4.73. The van der Waals surface area contributed by atoms with Crippen LogP contribution >= 0.6 is 0 Å². The number of aromatic nitrogens is 3. The first-order valence-corrected chi connectivity index (χ1v) is 6.84. The maximum absolute atomic E-state index is 5.66. The highest BCUT2D eigenvalue weighted by molar-refractivity contribution is 5.76. The van der Waals surface area contributed by atoms with E-state index in [9.17, 15) is 0 Å². The van der Waals surface area contributed by atoms with Crippen molar-refractivity contribution in [3.63, 3.8) is 0 Å². The van der Waals surface area contributed by atoms with Crippen molar-refractivity contribution in [2.45, 2.75) is 0 Å². The van der Waals surface area contributed by atoms with Gasteiger partial charge < -0.3 is 30.2 Å². The largest absolute Gasteiger partial charge is 0.493 e. The molecule has 0 radical (unpaired) electrons. The molecular weight excluding hydrogens is 298 g/mol. The van der Waals surface area contributed by atoms with Crippen LogP contribution in [0.3, 0.4) is 0 Å². The second-order valence-electron chi connectivity index (χ2n) is 4.73. The summed E-state index contributed by atoms with van der Waals surface area (Å²) < 4.78 is 16.0. The van der Waals surface area contributed by atoms with Crippen molar-refractivity contribution in [1.29, 1.82) is 0 Å². The molecule has 8 nitrogen and oxygen atoms in total. The normalized spacial score (nSPS) is 10.6. The number of anilines is 3. The fourth-order valence-corrected chi connectivity index (χ4v) is 2.26. The van der Waals surface area contributed by atoms with Gasteiger partial charge in [0, 0.05) is 17.8 Å². The van der Waals surface area contributed by atoms with Crippen molar-refractivity contribution in [2.24, 2.45) is 0 Å². The molecule has 3 rings (SSSR count). The van der Waals surface area contributed by atoms with Crippen LogP contribution in [0.25, 0.3) is 11.2 Å². The molecule has 0 saturated heterocycles. The van der Waals surface area contributed by atoms with Gasteiger partial charge in [0.25, 0.3) is 0 Å². The van der Waals surface area contributed by atoms with Gasteiger partial charge in [0.1, 0.15) is 5.82 Å². The van der Waals surface area contributed by atoms with E-state index >= 15 is 0 Å². The zero-order valence-electron chi connectivity index (χ0n) is 13.0. The average molecular weight is 315 g/mol. The molecule has 0 aliphatic rings. The number of nitrogens with two attached hydrogens (primary N) is 1. The maximum Gasteiger partial charge on any atom is 0.207 e. The van der Waals surface area contributed by atoms with E-state index in [4.69, 9.17) is 19.9 Å². The van der Waals surface area contributed by atoms with E-state index < -0.39 is 0 Å². The van der Waals surface area contributed by atoms with E-state index in [-0.39, 0.29) is 0 Å². The first kappa shape index (κ1) is 14.8. The molecule has 0 fully saturated rings. The Hall–Kier alpha value is -3.16. The highest BCUT2D eigenvalue weighted by Gasteiger charge is 2.14. The Kier molecular flexibility index (Phi) is 3.80. The summed E-state index contributed by atoms with van der Waals surface area (Å²) in [5.41, 5.74) is 7.72. The number of nitrogens with zero attached hydrogens (tertiary/aromatic N) is 2. The predicted octanol–water partition coefficient (Wildman–Crippen LogP) is 2.31. The zero-order chi connectivity index (χ0) is 16.4. The topological polar surface area (TPSA) is 107 Å². The van der Waals surface area contributed by atoms with Gasteiger partial charge in [-0.25, -0.2) is 4.98 Å². The molecule has 0 aliphatic carbocycles. The van der Waals surface area contributed by atoms with Crippen LogP contribution in [0.1, 0.15) is 0 Å². The molecule has 0 aliphatic heterocycles. The van der Waals surface area contributed by atoms with E-state index in [1.165, 1.54) is 0 Å². The molecule has 1 aromatic carbocycles. The minimum atomic E-state index is 0.420. The number of hydrogen-bond donors (Lipinski definition) is 3.